The first kappa shape index (κ1) is 17.2. The van der Waals surface area contributed by atoms with E-state index in [1.807, 2.05) is 6.07 Å². The van der Waals surface area contributed by atoms with Crippen LogP contribution in [0.1, 0.15) is 17.1 Å². The molecule has 0 amide bonds. The number of nitrogens with zero attached hydrogens (tertiary/aromatic N) is 3. The van der Waals surface area contributed by atoms with Crippen LogP contribution in [0.2, 0.25) is 0 Å². The molecule has 0 unspecified atom stereocenters. The first-order valence-electron chi connectivity index (χ1n) is 7.91. The second-order valence-corrected chi connectivity index (χ2v) is 5.44. The summed E-state index contributed by atoms with van der Waals surface area (Å²) in [6, 6.07) is 13.5. The molecular formula is C19H17FN6. The summed E-state index contributed by atoms with van der Waals surface area (Å²) in [7, 11) is 0. The summed E-state index contributed by atoms with van der Waals surface area (Å²) >= 11 is 0. The first-order chi connectivity index (χ1) is 12.6. The molecule has 2 heterocycles. The van der Waals surface area contributed by atoms with E-state index in [9.17, 15) is 4.39 Å². The van der Waals surface area contributed by atoms with Crippen LogP contribution in [0.4, 0.5) is 10.2 Å². The van der Waals surface area contributed by atoms with Gasteiger partial charge in [-0.25, -0.2) is 14.4 Å². The van der Waals surface area contributed by atoms with Gasteiger partial charge in [-0.15, -0.1) is 0 Å². The number of benzene rings is 1. The first-order valence-corrected chi connectivity index (χ1v) is 7.91. The number of rotatable bonds is 6. The fraction of sp³-hybridized carbons (Fsp3) is 0.0526. The van der Waals surface area contributed by atoms with Crippen molar-refractivity contribution in [1.82, 2.24) is 20.3 Å². The molecule has 0 atom stereocenters. The van der Waals surface area contributed by atoms with Crippen molar-refractivity contribution >= 4 is 17.2 Å². The fourth-order valence-corrected chi connectivity index (χ4v) is 2.28. The summed E-state index contributed by atoms with van der Waals surface area (Å²) in [5.74, 6) is 0.188. The third-order valence-electron chi connectivity index (χ3n) is 3.57. The van der Waals surface area contributed by atoms with Gasteiger partial charge in [0.15, 0.2) is 5.82 Å². The molecule has 130 valence electrons. The Balaban J connectivity index is 1.88. The normalized spacial score (nSPS) is 11.2. The Morgan fingerprint density at radius 1 is 1.08 bits per heavy atom. The van der Waals surface area contributed by atoms with Crippen LogP contribution >= 0.6 is 0 Å². The summed E-state index contributed by atoms with van der Waals surface area (Å²) in [5.41, 5.74) is 7.42. The number of hydrogen-bond acceptors (Lipinski definition) is 6. The lowest BCUT2D eigenvalue weighted by molar-refractivity contribution is 0.605. The van der Waals surface area contributed by atoms with E-state index >= 15 is 0 Å². The predicted molar refractivity (Wildman–Crippen MR) is 98.7 cm³/mol. The van der Waals surface area contributed by atoms with Crippen molar-refractivity contribution in [1.29, 1.82) is 5.41 Å². The molecule has 4 N–H and O–H groups in total. The zero-order valence-electron chi connectivity index (χ0n) is 13.9. The van der Waals surface area contributed by atoms with Gasteiger partial charge in [0.05, 0.1) is 11.4 Å². The highest BCUT2D eigenvalue weighted by molar-refractivity contribution is 6.07. The van der Waals surface area contributed by atoms with E-state index < -0.39 is 0 Å². The van der Waals surface area contributed by atoms with Crippen molar-refractivity contribution in [3.63, 3.8) is 0 Å². The lowest BCUT2D eigenvalue weighted by atomic mass is 10.1. The lowest BCUT2D eigenvalue weighted by Crippen LogP contribution is -2.16. The Kier molecular flexibility index (Phi) is 5.28. The molecule has 0 bridgehead atoms. The van der Waals surface area contributed by atoms with Gasteiger partial charge in [-0.2, -0.15) is 0 Å². The number of nitrogens with one attached hydrogen (secondary N) is 2. The van der Waals surface area contributed by atoms with Crippen molar-refractivity contribution in [2.45, 2.75) is 6.54 Å². The van der Waals surface area contributed by atoms with E-state index in [0.717, 1.165) is 0 Å². The summed E-state index contributed by atoms with van der Waals surface area (Å²) in [6.45, 7) is 0.250. The second-order valence-electron chi connectivity index (χ2n) is 5.44. The quantitative estimate of drug-likeness (QED) is 0.595. The number of nitrogen functional groups attached to an aromatic ring is 1. The number of halogens is 1. The maximum Gasteiger partial charge on any atom is 0.179 e. The standard InChI is InChI=1S/C19H17FN6/c20-14-6-2-1-5-13(14)12-25-17(16-7-3-4-9-23-16)11-15(21)19-24-10-8-18(22)26-19/h1-11,21,25H,12H2,(H2,22,24,26)/b17-11-,21-15?. The van der Waals surface area contributed by atoms with Crippen LogP contribution in [0.25, 0.3) is 5.70 Å². The molecule has 0 fully saturated rings. The van der Waals surface area contributed by atoms with Gasteiger partial charge >= 0.3 is 0 Å². The molecule has 2 aromatic heterocycles. The summed E-state index contributed by atoms with van der Waals surface area (Å²) in [6.07, 6.45) is 4.69. The zero-order chi connectivity index (χ0) is 18.4. The molecule has 3 aromatic rings. The molecule has 26 heavy (non-hydrogen) atoms. The summed E-state index contributed by atoms with van der Waals surface area (Å²) in [5, 5.41) is 11.4. The van der Waals surface area contributed by atoms with Gasteiger partial charge in [0.25, 0.3) is 0 Å². The van der Waals surface area contributed by atoms with Gasteiger partial charge in [0.2, 0.25) is 0 Å². The smallest absolute Gasteiger partial charge is 0.179 e. The van der Waals surface area contributed by atoms with Gasteiger partial charge in [0.1, 0.15) is 17.3 Å². The van der Waals surface area contributed by atoms with E-state index in [1.54, 1.807) is 48.7 Å². The largest absolute Gasteiger partial charge is 0.384 e. The highest BCUT2D eigenvalue weighted by Gasteiger charge is 2.09. The Bertz CT molecular complexity index is 940. The van der Waals surface area contributed by atoms with Crippen molar-refractivity contribution in [3.8, 4) is 0 Å². The van der Waals surface area contributed by atoms with Gasteiger partial charge in [0, 0.05) is 24.5 Å². The van der Waals surface area contributed by atoms with Crippen LogP contribution < -0.4 is 11.1 Å². The molecule has 0 radical (unpaired) electrons. The van der Waals surface area contributed by atoms with Gasteiger partial charge in [-0.3, -0.25) is 10.4 Å². The topological polar surface area (TPSA) is 101 Å². The van der Waals surface area contributed by atoms with Crippen LogP contribution in [0.3, 0.4) is 0 Å². The minimum atomic E-state index is -0.297. The van der Waals surface area contributed by atoms with Crippen molar-refractivity contribution in [3.05, 3.63) is 89.9 Å². The molecule has 0 saturated carbocycles. The van der Waals surface area contributed by atoms with Crippen molar-refractivity contribution in [2.24, 2.45) is 0 Å². The molecule has 1 aromatic carbocycles. The van der Waals surface area contributed by atoms with E-state index in [0.29, 0.717) is 17.0 Å². The molecule has 0 aliphatic carbocycles. The lowest BCUT2D eigenvalue weighted by Gasteiger charge is -2.12. The minimum Gasteiger partial charge on any atom is -0.384 e. The SMILES string of the molecule is N=C(/C=C(\NCc1ccccc1F)c1ccccn1)c1nccc(N)n1. The average molecular weight is 348 g/mol. The van der Waals surface area contributed by atoms with Crippen LogP contribution in [-0.2, 0) is 6.54 Å². The van der Waals surface area contributed by atoms with Gasteiger partial charge in [-0.1, -0.05) is 24.3 Å². The van der Waals surface area contributed by atoms with Crippen LogP contribution in [0.15, 0.2) is 67.0 Å². The minimum absolute atomic E-state index is 0.0685. The number of hydrogen-bond donors (Lipinski definition) is 3. The van der Waals surface area contributed by atoms with Crippen LogP contribution in [0.5, 0.6) is 0 Å². The number of nitrogens with two attached hydrogens (primary N) is 1. The fourth-order valence-electron chi connectivity index (χ4n) is 2.28. The maximum atomic E-state index is 13.9. The van der Waals surface area contributed by atoms with Crippen LogP contribution in [-0.4, -0.2) is 20.7 Å². The van der Waals surface area contributed by atoms with Gasteiger partial charge in [-0.05, 0) is 30.3 Å². The number of anilines is 1. The van der Waals surface area contributed by atoms with E-state index in [-0.39, 0.29) is 29.7 Å². The van der Waals surface area contributed by atoms with E-state index in [1.165, 1.54) is 12.3 Å². The predicted octanol–water partition coefficient (Wildman–Crippen LogP) is 2.79. The van der Waals surface area contributed by atoms with Crippen molar-refractivity contribution in [2.75, 3.05) is 5.73 Å². The van der Waals surface area contributed by atoms with Gasteiger partial charge < -0.3 is 11.1 Å². The summed E-state index contributed by atoms with van der Waals surface area (Å²) < 4.78 is 13.9. The summed E-state index contributed by atoms with van der Waals surface area (Å²) in [4.78, 5) is 12.4. The molecule has 7 heteroatoms. The third kappa shape index (κ3) is 4.27. The van der Waals surface area contributed by atoms with Crippen molar-refractivity contribution < 1.29 is 4.39 Å². The molecule has 3 rings (SSSR count). The van der Waals surface area contributed by atoms with E-state index in [2.05, 4.69) is 20.3 Å². The Labute approximate surface area is 150 Å². The molecule has 0 aliphatic heterocycles. The average Bonchev–Trinajstić information content (AvgIpc) is 2.67. The molecule has 0 saturated heterocycles. The van der Waals surface area contributed by atoms with Crippen LogP contribution in [0, 0.1) is 11.2 Å². The Morgan fingerprint density at radius 2 is 1.88 bits per heavy atom. The third-order valence-corrected chi connectivity index (χ3v) is 3.57. The number of pyridine rings is 1. The second kappa shape index (κ2) is 7.98. The molecule has 6 nitrogen and oxygen atoms in total. The number of aromatic nitrogens is 3. The maximum absolute atomic E-state index is 13.9. The monoisotopic (exact) mass is 348 g/mol. The molecule has 0 aliphatic rings. The zero-order valence-corrected chi connectivity index (χ0v) is 13.9. The Hall–Kier alpha value is -3.61. The Morgan fingerprint density at radius 3 is 2.62 bits per heavy atom. The number of allylic oxidation sites excluding steroid dienone is 1. The highest BCUT2D eigenvalue weighted by Crippen LogP contribution is 2.13. The molecule has 0 spiro atoms. The van der Waals surface area contributed by atoms with E-state index in [4.69, 9.17) is 11.1 Å². The molecular weight excluding hydrogens is 331 g/mol. The highest BCUT2D eigenvalue weighted by atomic mass is 19.1.